The summed E-state index contributed by atoms with van der Waals surface area (Å²) in [5, 5.41) is -0.501. The third-order valence-electron chi connectivity index (χ3n) is 3.50. The molecule has 1 aliphatic rings. The number of thioether (sulfide) groups is 1. The van der Waals surface area contributed by atoms with E-state index in [1.807, 2.05) is 24.3 Å². The number of nitrogens with zero attached hydrogens (tertiary/aromatic N) is 1. The topological polar surface area (TPSA) is 76.8 Å². The molecule has 0 atom stereocenters. The molecule has 0 spiro atoms. The van der Waals surface area contributed by atoms with Crippen LogP contribution in [-0.2, 0) is 14.3 Å². The van der Waals surface area contributed by atoms with Crippen molar-refractivity contribution in [1.82, 2.24) is 4.90 Å². The van der Waals surface area contributed by atoms with Crippen LogP contribution in [0.25, 0.3) is 17.4 Å². The molecule has 8 heteroatoms. The maximum absolute atomic E-state index is 12.3. The molecule has 3 rings (SSSR count). The van der Waals surface area contributed by atoms with E-state index in [-0.39, 0.29) is 18.1 Å². The Bertz CT molecular complexity index is 887. The molecular formula is C18H14INO5S. The third kappa shape index (κ3) is 4.18. The standard InChI is InChI=1S/C18H14INO5S/c1-2-24-16(21)10-20-17(22)15(26-18(20)23)9-13-7-8-14(25-13)11-3-5-12(19)6-4-11/h3-9H,2,10H2,1H3/b15-9-. The first-order valence-electron chi connectivity index (χ1n) is 7.74. The molecule has 0 saturated carbocycles. The zero-order chi connectivity index (χ0) is 18.7. The largest absolute Gasteiger partial charge is 0.465 e. The minimum Gasteiger partial charge on any atom is -0.465 e. The molecule has 2 heterocycles. The number of benzene rings is 1. The number of furan rings is 1. The van der Waals surface area contributed by atoms with Crippen molar-refractivity contribution in [3.05, 3.63) is 50.6 Å². The van der Waals surface area contributed by atoms with Crippen molar-refractivity contribution in [3.63, 3.8) is 0 Å². The van der Waals surface area contributed by atoms with Crippen LogP contribution in [0.15, 0.2) is 45.7 Å². The summed E-state index contributed by atoms with van der Waals surface area (Å²) < 4.78 is 11.6. The van der Waals surface area contributed by atoms with Gasteiger partial charge in [-0.2, -0.15) is 0 Å². The van der Waals surface area contributed by atoms with Crippen LogP contribution < -0.4 is 0 Å². The number of imide groups is 1. The van der Waals surface area contributed by atoms with Crippen LogP contribution >= 0.6 is 34.4 Å². The van der Waals surface area contributed by atoms with Gasteiger partial charge in [-0.3, -0.25) is 19.3 Å². The Morgan fingerprint density at radius 2 is 1.96 bits per heavy atom. The van der Waals surface area contributed by atoms with Gasteiger partial charge < -0.3 is 9.15 Å². The summed E-state index contributed by atoms with van der Waals surface area (Å²) in [6.45, 7) is 1.47. The van der Waals surface area contributed by atoms with Gasteiger partial charge in [0.2, 0.25) is 0 Å². The number of esters is 1. The van der Waals surface area contributed by atoms with Crippen LogP contribution in [-0.4, -0.2) is 35.2 Å². The minimum absolute atomic E-state index is 0.193. The predicted molar refractivity (Wildman–Crippen MR) is 106 cm³/mol. The van der Waals surface area contributed by atoms with Crippen molar-refractivity contribution < 1.29 is 23.5 Å². The van der Waals surface area contributed by atoms with Gasteiger partial charge in [-0.25, -0.2) is 0 Å². The molecule has 1 aliphatic heterocycles. The molecule has 1 aromatic heterocycles. The normalized spacial score (nSPS) is 15.8. The Kier molecular flexibility index (Phi) is 5.82. The molecule has 1 saturated heterocycles. The molecule has 0 bridgehead atoms. The second-order valence-corrected chi connectivity index (χ2v) is 7.52. The summed E-state index contributed by atoms with van der Waals surface area (Å²) in [4.78, 5) is 36.9. The van der Waals surface area contributed by atoms with Crippen LogP contribution in [0.4, 0.5) is 4.79 Å². The summed E-state index contributed by atoms with van der Waals surface area (Å²) in [5.41, 5.74) is 0.917. The molecule has 1 fully saturated rings. The Balaban J connectivity index is 1.76. The molecule has 134 valence electrons. The average molecular weight is 483 g/mol. The monoisotopic (exact) mass is 483 g/mol. The number of hydrogen-bond acceptors (Lipinski definition) is 6. The van der Waals surface area contributed by atoms with Gasteiger partial charge in [-0.15, -0.1) is 0 Å². The number of halogens is 1. The molecule has 0 aliphatic carbocycles. The first-order chi connectivity index (χ1) is 12.5. The maximum Gasteiger partial charge on any atom is 0.326 e. The second-order valence-electron chi connectivity index (χ2n) is 5.28. The fraction of sp³-hybridized carbons (Fsp3) is 0.167. The van der Waals surface area contributed by atoms with Crippen LogP contribution in [0.2, 0.25) is 0 Å². The summed E-state index contributed by atoms with van der Waals surface area (Å²) in [7, 11) is 0. The fourth-order valence-corrected chi connectivity index (χ4v) is 3.48. The maximum atomic E-state index is 12.3. The fourth-order valence-electron chi connectivity index (χ4n) is 2.30. The lowest BCUT2D eigenvalue weighted by molar-refractivity contribution is -0.145. The van der Waals surface area contributed by atoms with E-state index in [0.717, 1.165) is 25.8 Å². The molecule has 0 radical (unpaired) electrons. The first-order valence-corrected chi connectivity index (χ1v) is 9.64. The van der Waals surface area contributed by atoms with Gasteiger partial charge >= 0.3 is 5.97 Å². The first kappa shape index (κ1) is 18.7. The number of rotatable bonds is 5. The molecule has 0 N–H and O–H groups in total. The van der Waals surface area contributed by atoms with Gasteiger partial charge in [0.1, 0.15) is 18.1 Å². The summed E-state index contributed by atoms with van der Waals surface area (Å²) >= 11 is 3.00. The lowest BCUT2D eigenvalue weighted by atomic mass is 10.2. The second kappa shape index (κ2) is 8.09. The quantitative estimate of drug-likeness (QED) is 0.362. The lowest BCUT2D eigenvalue weighted by Crippen LogP contribution is -2.34. The molecule has 2 aromatic rings. The summed E-state index contributed by atoms with van der Waals surface area (Å²) in [6.07, 6.45) is 1.51. The van der Waals surface area contributed by atoms with Gasteiger partial charge in [0.05, 0.1) is 11.5 Å². The van der Waals surface area contributed by atoms with Crippen LogP contribution in [0.5, 0.6) is 0 Å². The van der Waals surface area contributed by atoms with E-state index in [2.05, 4.69) is 22.6 Å². The number of amides is 2. The van der Waals surface area contributed by atoms with Crippen LogP contribution in [0.3, 0.4) is 0 Å². The van der Waals surface area contributed by atoms with Crippen molar-refractivity contribution in [3.8, 4) is 11.3 Å². The number of hydrogen-bond donors (Lipinski definition) is 0. The highest BCUT2D eigenvalue weighted by molar-refractivity contribution is 14.1. The van der Waals surface area contributed by atoms with Gasteiger partial charge in [0.15, 0.2) is 0 Å². The number of carbonyl (C=O) groups is 3. The lowest BCUT2D eigenvalue weighted by Gasteiger charge is -2.10. The molecule has 6 nitrogen and oxygen atoms in total. The van der Waals surface area contributed by atoms with Crippen molar-refractivity contribution in [2.45, 2.75) is 6.92 Å². The molecule has 2 amide bonds. The van der Waals surface area contributed by atoms with E-state index < -0.39 is 17.1 Å². The summed E-state index contributed by atoms with van der Waals surface area (Å²) in [5.74, 6) is -0.0195. The Morgan fingerprint density at radius 3 is 2.65 bits per heavy atom. The van der Waals surface area contributed by atoms with E-state index in [0.29, 0.717) is 11.5 Å². The van der Waals surface area contributed by atoms with Crippen molar-refractivity contribution in [2.75, 3.05) is 13.2 Å². The Hall–Kier alpha value is -2.07. The van der Waals surface area contributed by atoms with Crippen molar-refractivity contribution >= 4 is 57.5 Å². The van der Waals surface area contributed by atoms with E-state index in [1.54, 1.807) is 19.1 Å². The summed E-state index contributed by atoms with van der Waals surface area (Å²) in [6, 6.07) is 11.4. The highest BCUT2D eigenvalue weighted by Gasteiger charge is 2.36. The van der Waals surface area contributed by atoms with Crippen LogP contribution in [0.1, 0.15) is 12.7 Å². The van der Waals surface area contributed by atoms with Gasteiger partial charge in [-0.1, -0.05) is 12.1 Å². The van der Waals surface area contributed by atoms with E-state index in [1.165, 1.54) is 6.08 Å². The Morgan fingerprint density at radius 1 is 1.23 bits per heavy atom. The molecule has 26 heavy (non-hydrogen) atoms. The molecular weight excluding hydrogens is 469 g/mol. The molecule has 1 aromatic carbocycles. The predicted octanol–water partition coefficient (Wildman–Crippen LogP) is 4.15. The zero-order valence-corrected chi connectivity index (χ0v) is 16.7. The van der Waals surface area contributed by atoms with Gasteiger partial charge in [-0.05, 0) is 65.5 Å². The highest BCUT2D eigenvalue weighted by Crippen LogP contribution is 2.33. The number of carbonyl (C=O) groups excluding carboxylic acids is 3. The minimum atomic E-state index is -0.616. The third-order valence-corrected chi connectivity index (χ3v) is 5.12. The van der Waals surface area contributed by atoms with E-state index in [9.17, 15) is 14.4 Å². The van der Waals surface area contributed by atoms with E-state index >= 15 is 0 Å². The molecule has 0 unspecified atom stereocenters. The average Bonchev–Trinajstić information content (AvgIpc) is 3.17. The zero-order valence-electron chi connectivity index (χ0n) is 13.7. The van der Waals surface area contributed by atoms with Gasteiger partial charge in [0, 0.05) is 15.2 Å². The van der Waals surface area contributed by atoms with E-state index in [4.69, 9.17) is 9.15 Å². The smallest absolute Gasteiger partial charge is 0.326 e. The number of ether oxygens (including phenoxy) is 1. The highest BCUT2D eigenvalue weighted by atomic mass is 127. The van der Waals surface area contributed by atoms with Gasteiger partial charge in [0.25, 0.3) is 11.1 Å². The SMILES string of the molecule is CCOC(=O)CN1C(=O)S/C(=C\c2ccc(-c3ccc(I)cc3)o2)C1=O. The van der Waals surface area contributed by atoms with Crippen molar-refractivity contribution in [2.24, 2.45) is 0 Å². The Labute approximate surface area is 167 Å². The van der Waals surface area contributed by atoms with Crippen molar-refractivity contribution in [1.29, 1.82) is 0 Å². The van der Waals surface area contributed by atoms with Crippen LogP contribution in [0, 0.1) is 3.57 Å².